The maximum atomic E-state index is 12.8. The van der Waals surface area contributed by atoms with E-state index in [0.29, 0.717) is 13.2 Å². The molecule has 0 fully saturated rings. The maximum absolute atomic E-state index is 12.8. The van der Waals surface area contributed by atoms with E-state index in [1.165, 1.54) is 0 Å². The second kappa shape index (κ2) is 18.7. The van der Waals surface area contributed by atoms with Gasteiger partial charge >= 0.3 is 0 Å². The second-order valence-electron chi connectivity index (χ2n) is 8.91. The number of hydrogen-bond donors (Lipinski definition) is 3. The van der Waals surface area contributed by atoms with Crippen LogP contribution in [0.3, 0.4) is 0 Å². The van der Waals surface area contributed by atoms with Gasteiger partial charge in [0.05, 0.1) is 31.2 Å². The summed E-state index contributed by atoms with van der Waals surface area (Å²) in [6, 6.07) is -0.574. The highest BCUT2D eigenvalue weighted by atomic mass is 16.5. The van der Waals surface area contributed by atoms with E-state index in [0.717, 1.165) is 12.8 Å². The van der Waals surface area contributed by atoms with Gasteiger partial charge in [0.2, 0.25) is 17.7 Å². The van der Waals surface area contributed by atoms with Crippen LogP contribution in [0.15, 0.2) is 0 Å². The number of rotatable bonds is 14. The van der Waals surface area contributed by atoms with Crippen LogP contribution in [0.25, 0.3) is 0 Å². The van der Waals surface area contributed by atoms with E-state index in [1.54, 1.807) is 19.1 Å². The second-order valence-corrected chi connectivity index (χ2v) is 8.91. The molecule has 0 saturated heterocycles. The first-order valence-electron chi connectivity index (χ1n) is 12.0. The van der Waals surface area contributed by atoms with Crippen LogP contribution >= 0.6 is 0 Å². The van der Waals surface area contributed by atoms with Crippen LogP contribution in [0, 0.1) is 11.8 Å². The van der Waals surface area contributed by atoms with Crippen molar-refractivity contribution in [2.45, 2.75) is 79.0 Å². The van der Waals surface area contributed by atoms with Gasteiger partial charge in [-0.05, 0) is 39.3 Å². The zero-order valence-corrected chi connectivity index (χ0v) is 22.6. The molecule has 9 nitrogen and oxygen atoms in total. The fourth-order valence-corrected chi connectivity index (χ4v) is 3.73. The summed E-state index contributed by atoms with van der Waals surface area (Å²) in [6.45, 7) is 12.6. The van der Waals surface area contributed by atoms with Gasteiger partial charge in [-0.2, -0.15) is 0 Å². The number of hydrogen-bond acceptors (Lipinski definition) is 6. The Hall–Kier alpha value is -1.71. The third kappa shape index (κ3) is 12.9. The fourth-order valence-electron chi connectivity index (χ4n) is 3.73. The monoisotopic (exact) mass is 474 g/mol. The standard InChI is InChI=1S/C21H42N4O4.C3H8O/c1-10-15(5)20(16(29-9)12-17(26)22-11-2)25(8)18(27)13-23-21(28)19(14(3)4)24(6)7;1-2-3-4/h14-16,19-20H,10-13H2,1-9H3,(H,22,26)(H,23,28);4H,2-3H2,1H3. The van der Waals surface area contributed by atoms with Crippen molar-refractivity contribution >= 4 is 17.7 Å². The van der Waals surface area contributed by atoms with Crippen LogP contribution in [0.1, 0.15) is 60.8 Å². The van der Waals surface area contributed by atoms with Gasteiger partial charge in [0, 0.05) is 27.3 Å². The van der Waals surface area contributed by atoms with E-state index < -0.39 is 6.10 Å². The highest BCUT2D eigenvalue weighted by molar-refractivity contribution is 5.87. The van der Waals surface area contributed by atoms with Gasteiger partial charge < -0.3 is 25.4 Å². The van der Waals surface area contributed by atoms with Crippen molar-refractivity contribution < 1.29 is 24.2 Å². The molecule has 0 aromatic rings. The minimum Gasteiger partial charge on any atom is -0.396 e. The summed E-state index contributed by atoms with van der Waals surface area (Å²) in [5.74, 6) is -0.224. The molecule has 0 aliphatic carbocycles. The molecule has 3 amide bonds. The average molecular weight is 475 g/mol. The lowest BCUT2D eigenvalue weighted by Crippen LogP contribution is -2.54. The maximum Gasteiger partial charge on any atom is 0.242 e. The van der Waals surface area contributed by atoms with Gasteiger partial charge in [0.25, 0.3) is 0 Å². The van der Waals surface area contributed by atoms with Gasteiger partial charge in [0.15, 0.2) is 0 Å². The van der Waals surface area contributed by atoms with Crippen LogP contribution in [0.4, 0.5) is 0 Å². The number of aliphatic hydroxyl groups is 1. The molecule has 4 unspecified atom stereocenters. The number of carbonyl (C=O) groups excluding carboxylic acids is 3. The average Bonchev–Trinajstić information content (AvgIpc) is 2.76. The third-order valence-electron chi connectivity index (χ3n) is 5.61. The summed E-state index contributed by atoms with van der Waals surface area (Å²) in [7, 11) is 6.97. The van der Waals surface area contributed by atoms with Crippen LogP contribution in [-0.4, -0.2) is 98.8 Å². The molecule has 0 aliphatic rings. The van der Waals surface area contributed by atoms with Gasteiger partial charge in [-0.3, -0.25) is 19.3 Å². The Kier molecular flexibility index (Phi) is 18.9. The lowest BCUT2D eigenvalue weighted by molar-refractivity contribution is -0.140. The Balaban J connectivity index is 0. The first kappa shape index (κ1) is 33.5. The molecule has 0 aromatic carbocycles. The number of nitrogens with one attached hydrogen (secondary N) is 2. The van der Waals surface area contributed by atoms with E-state index >= 15 is 0 Å². The lowest BCUT2D eigenvalue weighted by Gasteiger charge is -2.37. The van der Waals surface area contributed by atoms with E-state index in [4.69, 9.17) is 9.84 Å². The smallest absolute Gasteiger partial charge is 0.242 e. The number of nitrogens with zero attached hydrogens (tertiary/aromatic N) is 2. The minimum absolute atomic E-state index is 0.0864. The first-order chi connectivity index (χ1) is 15.4. The SMILES string of the molecule is CCCO.CCNC(=O)CC(OC)C(C(C)CC)N(C)C(=O)CNC(=O)C(C(C)C)N(C)C. The molecule has 33 heavy (non-hydrogen) atoms. The van der Waals surface area contributed by atoms with Crippen molar-refractivity contribution in [2.24, 2.45) is 11.8 Å². The third-order valence-corrected chi connectivity index (χ3v) is 5.61. The zero-order chi connectivity index (χ0) is 26.1. The number of methoxy groups -OCH3 is 1. The van der Waals surface area contributed by atoms with Gasteiger partial charge in [-0.15, -0.1) is 0 Å². The fraction of sp³-hybridized carbons (Fsp3) is 0.875. The summed E-state index contributed by atoms with van der Waals surface area (Å²) in [6.07, 6.45) is 1.46. The molecule has 0 aliphatic heterocycles. The molecular formula is C24H50N4O5. The van der Waals surface area contributed by atoms with Gasteiger partial charge in [0.1, 0.15) is 0 Å². The number of ether oxygens (including phenoxy) is 1. The molecule has 0 heterocycles. The predicted molar refractivity (Wildman–Crippen MR) is 133 cm³/mol. The van der Waals surface area contributed by atoms with E-state index in [1.807, 2.05) is 60.5 Å². The number of aliphatic hydroxyl groups excluding tert-OH is 1. The van der Waals surface area contributed by atoms with Crippen LogP contribution in [0.2, 0.25) is 0 Å². The summed E-state index contributed by atoms with van der Waals surface area (Å²) in [5.41, 5.74) is 0. The highest BCUT2D eigenvalue weighted by Crippen LogP contribution is 2.21. The summed E-state index contributed by atoms with van der Waals surface area (Å²) in [5, 5.41) is 13.4. The topological polar surface area (TPSA) is 111 Å². The van der Waals surface area contributed by atoms with E-state index in [-0.39, 0.29) is 54.6 Å². The molecule has 4 atom stereocenters. The molecule has 0 rings (SSSR count). The Morgan fingerprint density at radius 1 is 1.00 bits per heavy atom. The molecule has 3 N–H and O–H groups in total. The Bertz CT molecular complexity index is 547. The van der Waals surface area contributed by atoms with Crippen molar-refractivity contribution in [3.63, 3.8) is 0 Å². The van der Waals surface area contributed by atoms with Crippen molar-refractivity contribution in [3.8, 4) is 0 Å². The number of carbonyl (C=O) groups is 3. The molecule has 0 aromatic heterocycles. The zero-order valence-electron chi connectivity index (χ0n) is 22.6. The van der Waals surface area contributed by atoms with Crippen molar-refractivity contribution in [1.29, 1.82) is 0 Å². The Morgan fingerprint density at radius 2 is 1.55 bits per heavy atom. The van der Waals surface area contributed by atoms with E-state index in [9.17, 15) is 14.4 Å². The molecule has 196 valence electrons. The normalized spacial score (nSPS) is 14.6. The van der Waals surface area contributed by atoms with Crippen LogP contribution in [0.5, 0.6) is 0 Å². The van der Waals surface area contributed by atoms with Crippen LogP contribution < -0.4 is 10.6 Å². The number of amides is 3. The molecule has 9 heteroatoms. The lowest BCUT2D eigenvalue weighted by atomic mass is 9.91. The molecular weight excluding hydrogens is 424 g/mol. The summed E-state index contributed by atoms with van der Waals surface area (Å²) < 4.78 is 5.60. The molecule has 0 saturated carbocycles. The van der Waals surface area contributed by atoms with Gasteiger partial charge in [-0.1, -0.05) is 41.0 Å². The van der Waals surface area contributed by atoms with Gasteiger partial charge in [-0.25, -0.2) is 0 Å². The largest absolute Gasteiger partial charge is 0.396 e. The molecule has 0 radical (unpaired) electrons. The predicted octanol–water partition coefficient (Wildman–Crippen LogP) is 1.49. The van der Waals surface area contributed by atoms with Crippen LogP contribution in [-0.2, 0) is 19.1 Å². The quantitative estimate of drug-likeness (QED) is 0.352. The first-order valence-corrected chi connectivity index (χ1v) is 12.0. The van der Waals surface area contributed by atoms with Crippen molar-refractivity contribution in [1.82, 2.24) is 20.4 Å². The minimum atomic E-state index is -0.425. The molecule has 0 bridgehead atoms. The van der Waals surface area contributed by atoms with Crippen molar-refractivity contribution in [2.75, 3.05) is 47.9 Å². The number of likely N-dealkylation sites (N-methyl/N-ethyl adjacent to an activating group) is 2. The van der Waals surface area contributed by atoms with E-state index in [2.05, 4.69) is 10.6 Å². The Labute approximate surface area is 201 Å². The highest BCUT2D eigenvalue weighted by Gasteiger charge is 2.34. The summed E-state index contributed by atoms with van der Waals surface area (Å²) in [4.78, 5) is 40.9. The summed E-state index contributed by atoms with van der Waals surface area (Å²) >= 11 is 0. The molecule has 0 spiro atoms. The van der Waals surface area contributed by atoms with Crippen molar-refractivity contribution in [3.05, 3.63) is 0 Å². The Morgan fingerprint density at radius 3 is 1.91 bits per heavy atom.